The van der Waals surface area contributed by atoms with Crippen molar-refractivity contribution in [1.82, 2.24) is 4.90 Å². The molecule has 0 bridgehead atoms. The van der Waals surface area contributed by atoms with Crippen molar-refractivity contribution >= 4 is 50.0 Å². The summed E-state index contributed by atoms with van der Waals surface area (Å²) in [5.41, 5.74) is 1.61. The molecule has 1 aromatic rings. The molecule has 1 saturated heterocycles. The number of hydrogen-bond donors (Lipinski definition) is 1. The minimum absolute atomic E-state index is 0.00857. The second kappa shape index (κ2) is 8.26. The van der Waals surface area contributed by atoms with E-state index in [9.17, 15) is 18.0 Å². The predicted octanol–water partition coefficient (Wildman–Crippen LogP) is 0.812. The highest BCUT2D eigenvalue weighted by atomic mass is 127. The maximum absolute atomic E-state index is 11.8. The quantitative estimate of drug-likeness (QED) is 0.510. The highest BCUT2D eigenvalue weighted by Gasteiger charge is 2.23. The number of amides is 1. The molecule has 0 aliphatic carbocycles. The maximum atomic E-state index is 11.8. The number of carbonyl (C=O) groups is 2. The Morgan fingerprint density at radius 2 is 1.96 bits per heavy atom. The molecule has 0 saturated carbocycles. The highest BCUT2D eigenvalue weighted by molar-refractivity contribution is 14.1. The van der Waals surface area contributed by atoms with Crippen LogP contribution in [0.2, 0.25) is 0 Å². The summed E-state index contributed by atoms with van der Waals surface area (Å²) in [5, 5.41) is 2.69. The van der Waals surface area contributed by atoms with E-state index in [1.54, 1.807) is 11.0 Å². The molecule has 0 atom stereocenters. The van der Waals surface area contributed by atoms with Gasteiger partial charge in [-0.2, -0.15) is 0 Å². The molecule has 1 heterocycles. The molecule has 24 heavy (non-hydrogen) atoms. The summed E-state index contributed by atoms with van der Waals surface area (Å²) in [6.45, 7) is 2.13. The van der Waals surface area contributed by atoms with Gasteiger partial charge in [0.2, 0.25) is 0 Å². The van der Waals surface area contributed by atoms with Crippen molar-refractivity contribution in [2.24, 2.45) is 0 Å². The van der Waals surface area contributed by atoms with Crippen LogP contribution in [0.4, 0.5) is 5.69 Å². The normalized spacial score (nSPS) is 17.2. The Bertz CT molecular complexity index is 721. The first-order valence-corrected chi connectivity index (χ1v) is 10.3. The van der Waals surface area contributed by atoms with E-state index in [2.05, 4.69) is 27.9 Å². The van der Waals surface area contributed by atoms with Crippen LogP contribution in [0.25, 0.3) is 0 Å². The average molecular weight is 466 g/mol. The summed E-state index contributed by atoms with van der Waals surface area (Å²) in [6, 6.07) is 5.61. The van der Waals surface area contributed by atoms with Crippen molar-refractivity contribution in [2.45, 2.75) is 6.92 Å². The summed E-state index contributed by atoms with van der Waals surface area (Å²) in [7, 11) is -2.98. The molecule has 1 N–H and O–H groups in total. The van der Waals surface area contributed by atoms with E-state index in [-0.39, 0.29) is 24.7 Å². The number of benzene rings is 1. The second-order valence-corrected chi connectivity index (χ2v) is 9.15. The van der Waals surface area contributed by atoms with Crippen LogP contribution in [0.1, 0.15) is 5.56 Å². The van der Waals surface area contributed by atoms with Crippen molar-refractivity contribution in [2.75, 3.05) is 43.1 Å². The molecular weight excluding hydrogens is 447 g/mol. The van der Waals surface area contributed by atoms with Crippen LogP contribution in [-0.4, -0.2) is 62.9 Å². The molecule has 1 aromatic carbocycles. The molecule has 0 aromatic heterocycles. The molecule has 132 valence electrons. The van der Waals surface area contributed by atoms with Crippen LogP contribution >= 0.6 is 22.6 Å². The van der Waals surface area contributed by atoms with Gasteiger partial charge in [0.15, 0.2) is 16.4 Å². The van der Waals surface area contributed by atoms with Crippen LogP contribution in [0.5, 0.6) is 0 Å². The summed E-state index contributed by atoms with van der Waals surface area (Å²) >= 11 is 2.18. The van der Waals surface area contributed by atoms with Crippen molar-refractivity contribution in [3.8, 4) is 0 Å². The predicted molar refractivity (Wildman–Crippen MR) is 98.6 cm³/mol. The van der Waals surface area contributed by atoms with Gasteiger partial charge in [-0.05, 0) is 53.3 Å². The van der Waals surface area contributed by atoms with Gasteiger partial charge in [-0.1, -0.05) is 0 Å². The first-order valence-electron chi connectivity index (χ1n) is 7.39. The fraction of sp³-hybridized carbons (Fsp3) is 0.467. The Morgan fingerprint density at radius 3 is 2.58 bits per heavy atom. The van der Waals surface area contributed by atoms with Gasteiger partial charge in [0, 0.05) is 22.3 Å². The molecule has 1 aliphatic rings. The van der Waals surface area contributed by atoms with Gasteiger partial charge in [0.05, 0.1) is 18.1 Å². The number of halogens is 1. The lowest BCUT2D eigenvalue weighted by Gasteiger charge is -2.25. The number of nitrogens with zero attached hydrogens (tertiary/aromatic N) is 1. The van der Waals surface area contributed by atoms with Crippen molar-refractivity contribution in [3.63, 3.8) is 0 Å². The second-order valence-electron chi connectivity index (χ2n) is 5.60. The van der Waals surface area contributed by atoms with Gasteiger partial charge in [-0.25, -0.2) is 8.42 Å². The first kappa shape index (κ1) is 19.1. The zero-order chi connectivity index (χ0) is 17.7. The lowest BCUT2D eigenvalue weighted by molar-refractivity contribution is -0.148. The number of nitrogens with one attached hydrogen (secondary N) is 1. The molecule has 0 radical (unpaired) electrons. The third-order valence-corrected chi connectivity index (χ3v) is 5.90. The monoisotopic (exact) mass is 466 g/mol. The minimum Gasteiger partial charge on any atom is -0.455 e. The molecule has 1 fully saturated rings. The number of ether oxygens (including phenoxy) is 1. The molecule has 0 spiro atoms. The largest absolute Gasteiger partial charge is 0.455 e. The Labute approximate surface area is 154 Å². The highest BCUT2D eigenvalue weighted by Crippen LogP contribution is 2.17. The van der Waals surface area contributed by atoms with E-state index < -0.39 is 21.7 Å². The van der Waals surface area contributed by atoms with Crippen LogP contribution in [0, 0.1) is 10.5 Å². The first-order chi connectivity index (χ1) is 11.2. The lowest BCUT2D eigenvalue weighted by atomic mass is 10.2. The molecule has 9 heteroatoms. The standard InChI is InChI=1S/C15H19IN2O5S/c1-11-8-12(16)2-3-13(11)17-14(19)10-23-15(20)9-18-4-6-24(21,22)7-5-18/h2-3,8H,4-7,9-10H2,1H3,(H,17,19). The molecule has 1 amide bonds. The van der Waals surface area contributed by atoms with Crippen LogP contribution in [0.3, 0.4) is 0 Å². The number of aryl methyl sites for hydroxylation is 1. The zero-order valence-electron chi connectivity index (χ0n) is 13.2. The van der Waals surface area contributed by atoms with E-state index in [0.29, 0.717) is 18.8 Å². The number of esters is 1. The van der Waals surface area contributed by atoms with Crippen molar-refractivity contribution in [1.29, 1.82) is 0 Å². The third-order valence-electron chi connectivity index (χ3n) is 3.62. The van der Waals surface area contributed by atoms with Gasteiger partial charge in [-0.15, -0.1) is 0 Å². The SMILES string of the molecule is Cc1cc(I)ccc1NC(=O)COC(=O)CN1CCS(=O)(=O)CC1. The van der Waals surface area contributed by atoms with Gasteiger partial charge < -0.3 is 10.1 Å². The van der Waals surface area contributed by atoms with Crippen LogP contribution in [0.15, 0.2) is 18.2 Å². The molecule has 0 unspecified atom stereocenters. The lowest BCUT2D eigenvalue weighted by Crippen LogP contribution is -2.43. The Kier molecular flexibility index (Phi) is 6.58. The summed E-state index contributed by atoms with van der Waals surface area (Å²) in [4.78, 5) is 25.3. The Hall–Kier alpha value is -1.20. The van der Waals surface area contributed by atoms with Crippen molar-refractivity contribution < 1.29 is 22.7 Å². The van der Waals surface area contributed by atoms with Gasteiger partial charge in [-0.3, -0.25) is 14.5 Å². The van der Waals surface area contributed by atoms with Crippen molar-refractivity contribution in [3.05, 3.63) is 27.3 Å². The number of rotatable bonds is 5. The van der Waals surface area contributed by atoms with Gasteiger partial charge in [0.1, 0.15) is 0 Å². The van der Waals surface area contributed by atoms with E-state index in [4.69, 9.17) is 4.74 Å². The molecular formula is C15H19IN2O5S. The van der Waals surface area contributed by atoms with Crippen LogP contribution < -0.4 is 5.32 Å². The average Bonchev–Trinajstić information content (AvgIpc) is 2.50. The Balaban J connectivity index is 1.74. The molecule has 1 aliphatic heterocycles. The number of carbonyl (C=O) groups excluding carboxylic acids is 2. The summed E-state index contributed by atoms with van der Waals surface area (Å²) in [6.07, 6.45) is 0. The summed E-state index contributed by atoms with van der Waals surface area (Å²) in [5.74, 6) is -0.850. The van der Waals surface area contributed by atoms with Gasteiger partial charge >= 0.3 is 5.97 Å². The van der Waals surface area contributed by atoms with Crippen LogP contribution in [-0.2, 0) is 24.2 Å². The van der Waals surface area contributed by atoms with E-state index in [1.165, 1.54) is 0 Å². The fourth-order valence-corrected chi connectivity index (χ4v) is 4.16. The van der Waals surface area contributed by atoms with E-state index in [0.717, 1.165) is 9.13 Å². The maximum Gasteiger partial charge on any atom is 0.320 e. The summed E-state index contributed by atoms with van der Waals surface area (Å²) < 4.78 is 28.7. The number of hydrogen-bond acceptors (Lipinski definition) is 6. The third kappa shape index (κ3) is 6.02. The Morgan fingerprint density at radius 1 is 1.29 bits per heavy atom. The fourth-order valence-electron chi connectivity index (χ4n) is 2.24. The smallest absolute Gasteiger partial charge is 0.320 e. The van der Waals surface area contributed by atoms with E-state index in [1.807, 2.05) is 19.1 Å². The molecule has 2 rings (SSSR count). The number of sulfone groups is 1. The zero-order valence-corrected chi connectivity index (χ0v) is 16.2. The van der Waals surface area contributed by atoms with Gasteiger partial charge in [0.25, 0.3) is 5.91 Å². The number of anilines is 1. The topological polar surface area (TPSA) is 92.8 Å². The minimum atomic E-state index is -2.98. The molecule has 7 nitrogen and oxygen atoms in total. The van der Waals surface area contributed by atoms with E-state index >= 15 is 0 Å².